The predicted molar refractivity (Wildman–Crippen MR) is 64.3 cm³/mol. The third kappa shape index (κ3) is 1.46. The Balaban J connectivity index is 2.23. The van der Waals surface area contributed by atoms with Crippen LogP contribution < -0.4 is 5.73 Å². The van der Waals surface area contributed by atoms with Crippen molar-refractivity contribution in [3.63, 3.8) is 0 Å². The van der Waals surface area contributed by atoms with E-state index >= 15 is 0 Å². The Morgan fingerprint density at radius 3 is 2.65 bits per heavy atom. The smallest absolute Gasteiger partial charge is 0.115 e. The van der Waals surface area contributed by atoms with E-state index in [1.54, 1.807) is 6.33 Å². The van der Waals surface area contributed by atoms with Crippen molar-refractivity contribution in [1.82, 2.24) is 19.5 Å². The number of nitrogens with zero attached hydrogens (tertiary/aromatic N) is 4. The SMILES string of the molecule is Cc1ncnc(C)c1-c1ncn2c1C(N)CC2. The topological polar surface area (TPSA) is 69.6 Å². The molecular weight excluding hydrogens is 214 g/mol. The van der Waals surface area contributed by atoms with Crippen LogP contribution in [-0.4, -0.2) is 19.5 Å². The second-order valence-corrected chi connectivity index (χ2v) is 4.49. The van der Waals surface area contributed by atoms with Crippen LogP contribution in [0.1, 0.15) is 29.5 Å². The van der Waals surface area contributed by atoms with E-state index in [9.17, 15) is 0 Å². The highest BCUT2D eigenvalue weighted by Gasteiger charge is 2.26. The fraction of sp³-hybridized carbons (Fsp3) is 0.417. The summed E-state index contributed by atoms with van der Waals surface area (Å²) in [6, 6.07) is 0.0755. The monoisotopic (exact) mass is 229 g/mol. The summed E-state index contributed by atoms with van der Waals surface area (Å²) < 4.78 is 2.13. The van der Waals surface area contributed by atoms with Crippen LogP contribution in [0.3, 0.4) is 0 Å². The van der Waals surface area contributed by atoms with Crippen LogP contribution in [0.25, 0.3) is 11.3 Å². The maximum atomic E-state index is 6.13. The molecule has 2 aromatic heterocycles. The first kappa shape index (κ1) is 10.4. The summed E-state index contributed by atoms with van der Waals surface area (Å²) in [7, 11) is 0. The lowest BCUT2D eigenvalue weighted by Gasteiger charge is -2.09. The first-order chi connectivity index (χ1) is 8.18. The van der Waals surface area contributed by atoms with Crippen molar-refractivity contribution >= 4 is 0 Å². The third-order valence-electron chi connectivity index (χ3n) is 3.37. The van der Waals surface area contributed by atoms with Gasteiger partial charge in [0.15, 0.2) is 0 Å². The van der Waals surface area contributed by atoms with Crippen molar-refractivity contribution in [2.45, 2.75) is 32.9 Å². The molecule has 0 amide bonds. The van der Waals surface area contributed by atoms with Crippen molar-refractivity contribution in [2.75, 3.05) is 0 Å². The Labute approximate surface area is 99.7 Å². The first-order valence-electron chi connectivity index (χ1n) is 5.77. The fourth-order valence-electron chi connectivity index (χ4n) is 2.50. The minimum atomic E-state index is 0.0755. The molecule has 1 aliphatic heterocycles. The van der Waals surface area contributed by atoms with Crippen molar-refractivity contribution in [2.24, 2.45) is 5.73 Å². The fourth-order valence-corrected chi connectivity index (χ4v) is 2.50. The van der Waals surface area contributed by atoms with Crippen molar-refractivity contribution < 1.29 is 0 Å². The number of hydrogen-bond acceptors (Lipinski definition) is 4. The van der Waals surface area contributed by atoms with Gasteiger partial charge in [-0.25, -0.2) is 15.0 Å². The molecule has 0 saturated carbocycles. The van der Waals surface area contributed by atoms with Crippen LogP contribution in [0.4, 0.5) is 0 Å². The lowest BCUT2D eigenvalue weighted by Crippen LogP contribution is -2.08. The molecule has 0 aliphatic carbocycles. The van der Waals surface area contributed by atoms with Gasteiger partial charge in [0.2, 0.25) is 0 Å². The van der Waals surface area contributed by atoms with E-state index in [2.05, 4.69) is 19.5 Å². The van der Waals surface area contributed by atoms with E-state index in [1.165, 1.54) is 0 Å². The van der Waals surface area contributed by atoms with Crippen molar-refractivity contribution in [3.8, 4) is 11.3 Å². The molecular formula is C12H15N5. The number of aryl methyl sites for hydroxylation is 3. The van der Waals surface area contributed by atoms with Crippen LogP contribution in [0, 0.1) is 13.8 Å². The van der Waals surface area contributed by atoms with Crippen LogP contribution in [0.2, 0.25) is 0 Å². The summed E-state index contributed by atoms with van der Waals surface area (Å²) in [6.07, 6.45) is 4.43. The van der Waals surface area contributed by atoms with Gasteiger partial charge in [-0.15, -0.1) is 0 Å². The summed E-state index contributed by atoms with van der Waals surface area (Å²) in [5, 5.41) is 0. The van der Waals surface area contributed by atoms with Gasteiger partial charge in [0.05, 0.1) is 29.1 Å². The molecule has 3 heterocycles. The molecule has 1 unspecified atom stereocenters. The molecule has 0 radical (unpaired) electrons. The molecule has 0 spiro atoms. The van der Waals surface area contributed by atoms with Gasteiger partial charge >= 0.3 is 0 Å². The van der Waals surface area contributed by atoms with Gasteiger partial charge in [-0.2, -0.15) is 0 Å². The van der Waals surface area contributed by atoms with Crippen molar-refractivity contribution in [1.29, 1.82) is 0 Å². The summed E-state index contributed by atoms with van der Waals surface area (Å²) in [5.41, 5.74) is 11.1. The van der Waals surface area contributed by atoms with Gasteiger partial charge < -0.3 is 10.3 Å². The normalized spacial score (nSPS) is 18.4. The molecule has 5 nitrogen and oxygen atoms in total. The molecule has 2 N–H and O–H groups in total. The summed E-state index contributed by atoms with van der Waals surface area (Å²) in [6.45, 7) is 4.92. The minimum absolute atomic E-state index is 0.0755. The molecule has 2 aromatic rings. The van der Waals surface area contributed by atoms with Crippen LogP contribution in [0.15, 0.2) is 12.7 Å². The molecule has 17 heavy (non-hydrogen) atoms. The summed E-state index contributed by atoms with van der Waals surface area (Å²) >= 11 is 0. The Bertz CT molecular complexity index is 552. The van der Waals surface area contributed by atoms with E-state index < -0.39 is 0 Å². The number of fused-ring (bicyclic) bond motifs is 1. The second kappa shape index (κ2) is 3.63. The average Bonchev–Trinajstić information content (AvgIpc) is 2.83. The Morgan fingerprint density at radius 2 is 1.94 bits per heavy atom. The van der Waals surface area contributed by atoms with Gasteiger partial charge in [0.25, 0.3) is 0 Å². The highest BCUT2D eigenvalue weighted by Crippen LogP contribution is 2.34. The highest BCUT2D eigenvalue weighted by atomic mass is 15.1. The highest BCUT2D eigenvalue weighted by molar-refractivity contribution is 5.67. The molecule has 0 saturated heterocycles. The van der Waals surface area contributed by atoms with E-state index in [4.69, 9.17) is 5.73 Å². The minimum Gasteiger partial charge on any atom is -0.333 e. The Hall–Kier alpha value is -1.75. The zero-order valence-corrected chi connectivity index (χ0v) is 10.0. The molecule has 0 aromatic carbocycles. The Morgan fingerprint density at radius 1 is 1.24 bits per heavy atom. The molecule has 88 valence electrons. The lowest BCUT2D eigenvalue weighted by molar-refractivity contribution is 0.679. The van der Waals surface area contributed by atoms with E-state index in [1.807, 2.05) is 20.2 Å². The quantitative estimate of drug-likeness (QED) is 0.801. The second-order valence-electron chi connectivity index (χ2n) is 4.49. The van der Waals surface area contributed by atoms with E-state index in [0.717, 1.165) is 41.3 Å². The summed E-state index contributed by atoms with van der Waals surface area (Å²) in [5.74, 6) is 0. The molecule has 0 fully saturated rings. The molecule has 1 aliphatic rings. The van der Waals surface area contributed by atoms with Crippen LogP contribution >= 0.6 is 0 Å². The number of nitrogens with two attached hydrogens (primary N) is 1. The maximum absolute atomic E-state index is 6.13. The molecule has 5 heteroatoms. The summed E-state index contributed by atoms with van der Waals surface area (Å²) in [4.78, 5) is 13.0. The third-order valence-corrected chi connectivity index (χ3v) is 3.37. The predicted octanol–water partition coefficient (Wildman–Crippen LogP) is 1.36. The maximum Gasteiger partial charge on any atom is 0.115 e. The largest absolute Gasteiger partial charge is 0.333 e. The van der Waals surface area contributed by atoms with Crippen molar-refractivity contribution in [3.05, 3.63) is 29.7 Å². The van der Waals surface area contributed by atoms with Gasteiger partial charge in [0, 0.05) is 18.2 Å². The van der Waals surface area contributed by atoms with E-state index in [-0.39, 0.29) is 6.04 Å². The van der Waals surface area contributed by atoms with Crippen LogP contribution in [0.5, 0.6) is 0 Å². The van der Waals surface area contributed by atoms with Gasteiger partial charge in [-0.3, -0.25) is 0 Å². The van der Waals surface area contributed by atoms with E-state index in [0.29, 0.717) is 0 Å². The molecule has 3 rings (SSSR count). The van der Waals surface area contributed by atoms with Gasteiger partial charge in [-0.05, 0) is 20.3 Å². The number of imidazole rings is 1. The van der Waals surface area contributed by atoms with Gasteiger partial charge in [-0.1, -0.05) is 0 Å². The zero-order valence-electron chi connectivity index (χ0n) is 10.0. The molecule has 1 atom stereocenters. The number of aromatic nitrogens is 4. The van der Waals surface area contributed by atoms with Gasteiger partial charge in [0.1, 0.15) is 6.33 Å². The van der Waals surface area contributed by atoms with Crippen LogP contribution in [-0.2, 0) is 6.54 Å². The standard InChI is InChI=1S/C12H15N5/c1-7-10(8(2)15-5-14-7)11-12-9(13)3-4-17(12)6-16-11/h5-6,9H,3-4,13H2,1-2H3. The average molecular weight is 229 g/mol. The first-order valence-corrected chi connectivity index (χ1v) is 5.77. The number of hydrogen-bond donors (Lipinski definition) is 1. The lowest BCUT2D eigenvalue weighted by atomic mass is 10.0. The molecule has 0 bridgehead atoms. The Kier molecular flexibility index (Phi) is 2.22. The number of rotatable bonds is 1. The zero-order chi connectivity index (χ0) is 12.0.